The zero-order chi connectivity index (χ0) is 17.4. The molecule has 1 amide bonds. The molecule has 0 bridgehead atoms. The normalized spacial score (nSPS) is 33.4. The Balaban J connectivity index is 1.27. The minimum atomic E-state index is 0.00236. The largest absolute Gasteiger partial charge is 0.377 e. The number of rotatable bonds is 6. The highest BCUT2D eigenvalue weighted by molar-refractivity contribution is 5.84. The van der Waals surface area contributed by atoms with Gasteiger partial charge in [-0.2, -0.15) is 0 Å². The number of hydrogen-bond acceptors (Lipinski definition) is 3. The molecule has 3 fully saturated rings. The van der Waals surface area contributed by atoms with E-state index in [1.165, 1.54) is 5.56 Å². The van der Waals surface area contributed by atoms with Gasteiger partial charge in [0.1, 0.15) is 0 Å². The van der Waals surface area contributed by atoms with Gasteiger partial charge >= 0.3 is 0 Å². The molecular formula is C21H30N2O2. The van der Waals surface area contributed by atoms with Crippen molar-refractivity contribution >= 4 is 5.91 Å². The van der Waals surface area contributed by atoms with Crippen molar-refractivity contribution in [2.75, 3.05) is 19.7 Å². The van der Waals surface area contributed by atoms with E-state index in [2.05, 4.69) is 48.3 Å². The van der Waals surface area contributed by atoms with Crippen LogP contribution in [0.25, 0.3) is 0 Å². The van der Waals surface area contributed by atoms with Crippen LogP contribution in [0.1, 0.15) is 38.7 Å². The van der Waals surface area contributed by atoms with Crippen molar-refractivity contribution in [1.29, 1.82) is 0 Å². The molecule has 1 aliphatic carbocycles. The van der Waals surface area contributed by atoms with Gasteiger partial charge in [-0.15, -0.1) is 0 Å². The van der Waals surface area contributed by atoms with E-state index in [1.54, 1.807) is 0 Å². The summed E-state index contributed by atoms with van der Waals surface area (Å²) in [5.74, 6) is 0.890. The summed E-state index contributed by atoms with van der Waals surface area (Å²) in [7, 11) is 0. The van der Waals surface area contributed by atoms with Crippen LogP contribution < -0.4 is 5.32 Å². The standard InChI is InChI=1S/C21H30N2O2/c1-21(2)18(16-11-14-25-19(16)21)22-17-10-13-23(20(17)24)12-6-9-15-7-4-3-5-8-15/h3-5,7-8,16-19,22H,6,9-14H2,1-2H3/t16-,17-,18-,19-/m1/s1. The fourth-order valence-corrected chi connectivity index (χ4v) is 5.11. The Morgan fingerprint density at radius 1 is 1.24 bits per heavy atom. The van der Waals surface area contributed by atoms with Crippen LogP contribution in [0.2, 0.25) is 0 Å². The van der Waals surface area contributed by atoms with Crippen molar-refractivity contribution in [2.24, 2.45) is 11.3 Å². The average Bonchev–Trinajstić information content (AvgIpc) is 3.20. The van der Waals surface area contributed by atoms with Crippen LogP contribution in [0.3, 0.4) is 0 Å². The molecule has 2 aliphatic heterocycles. The van der Waals surface area contributed by atoms with Gasteiger partial charge in [-0.1, -0.05) is 44.2 Å². The highest BCUT2D eigenvalue weighted by atomic mass is 16.5. The van der Waals surface area contributed by atoms with Gasteiger partial charge in [-0.25, -0.2) is 0 Å². The molecule has 1 aromatic carbocycles. The molecule has 4 rings (SSSR count). The molecule has 1 aromatic rings. The zero-order valence-corrected chi connectivity index (χ0v) is 15.4. The van der Waals surface area contributed by atoms with Crippen molar-refractivity contribution in [1.82, 2.24) is 10.2 Å². The molecule has 4 heteroatoms. The summed E-state index contributed by atoms with van der Waals surface area (Å²) in [6.45, 7) is 7.18. The Morgan fingerprint density at radius 2 is 2.04 bits per heavy atom. The van der Waals surface area contributed by atoms with Crippen LogP contribution in [-0.4, -0.2) is 48.7 Å². The van der Waals surface area contributed by atoms with Crippen molar-refractivity contribution < 1.29 is 9.53 Å². The van der Waals surface area contributed by atoms with E-state index in [4.69, 9.17) is 4.74 Å². The molecule has 25 heavy (non-hydrogen) atoms. The highest BCUT2D eigenvalue weighted by Gasteiger charge is 2.60. The topological polar surface area (TPSA) is 41.6 Å². The predicted molar refractivity (Wildman–Crippen MR) is 98.3 cm³/mol. The van der Waals surface area contributed by atoms with Gasteiger partial charge in [0, 0.05) is 37.1 Å². The number of nitrogens with zero attached hydrogens (tertiary/aromatic N) is 1. The number of carbonyl (C=O) groups is 1. The number of fused-ring (bicyclic) bond motifs is 1. The summed E-state index contributed by atoms with van der Waals surface area (Å²) in [5, 5.41) is 3.69. The molecule has 0 aromatic heterocycles. The number of benzene rings is 1. The number of aryl methyl sites for hydroxylation is 1. The molecule has 0 spiro atoms. The fourth-order valence-electron chi connectivity index (χ4n) is 5.11. The maximum absolute atomic E-state index is 12.8. The van der Waals surface area contributed by atoms with Gasteiger partial charge in [0.15, 0.2) is 0 Å². The third-order valence-electron chi connectivity index (χ3n) is 6.51. The lowest BCUT2D eigenvalue weighted by Crippen LogP contribution is -2.68. The molecule has 4 atom stereocenters. The number of likely N-dealkylation sites (tertiary alicyclic amines) is 1. The molecule has 0 unspecified atom stereocenters. The summed E-state index contributed by atoms with van der Waals surface area (Å²) in [4.78, 5) is 14.8. The second-order valence-corrected chi connectivity index (χ2v) is 8.47. The summed E-state index contributed by atoms with van der Waals surface area (Å²) in [6, 6.07) is 10.9. The fraction of sp³-hybridized carbons (Fsp3) is 0.667. The minimum Gasteiger partial charge on any atom is -0.377 e. The van der Waals surface area contributed by atoms with Gasteiger partial charge in [0.2, 0.25) is 5.91 Å². The molecule has 0 radical (unpaired) electrons. The number of hydrogen-bond donors (Lipinski definition) is 1. The second-order valence-electron chi connectivity index (χ2n) is 8.47. The lowest BCUT2D eigenvalue weighted by Gasteiger charge is -2.55. The van der Waals surface area contributed by atoms with Gasteiger partial charge in [0.25, 0.3) is 0 Å². The van der Waals surface area contributed by atoms with Gasteiger partial charge in [0.05, 0.1) is 12.1 Å². The third-order valence-corrected chi connectivity index (χ3v) is 6.51. The molecule has 3 aliphatic rings. The second kappa shape index (κ2) is 6.73. The molecule has 4 nitrogen and oxygen atoms in total. The highest BCUT2D eigenvalue weighted by Crippen LogP contribution is 2.52. The Bertz CT molecular complexity index is 616. The summed E-state index contributed by atoms with van der Waals surface area (Å²) >= 11 is 0. The van der Waals surface area contributed by atoms with Gasteiger partial charge in [-0.05, 0) is 31.2 Å². The molecule has 136 valence electrons. The van der Waals surface area contributed by atoms with E-state index in [1.807, 2.05) is 6.07 Å². The molecular weight excluding hydrogens is 312 g/mol. The van der Waals surface area contributed by atoms with E-state index in [0.717, 1.165) is 45.4 Å². The Morgan fingerprint density at radius 3 is 2.84 bits per heavy atom. The smallest absolute Gasteiger partial charge is 0.239 e. The number of ether oxygens (including phenoxy) is 1. The Kier molecular flexibility index (Phi) is 4.59. The van der Waals surface area contributed by atoms with E-state index in [-0.39, 0.29) is 11.5 Å². The summed E-state index contributed by atoms with van der Waals surface area (Å²) in [6.07, 6.45) is 4.53. The molecule has 2 heterocycles. The van der Waals surface area contributed by atoms with Crippen LogP contribution in [0.5, 0.6) is 0 Å². The summed E-state index contributed by atoms with van der Waals surface area (Å²) < 4.78 is 5.87. The first-order valence-electron chi connectivity index (χ1n) is 9.78. The van der Waals surface area contributed by atoms with Crippen LogP contribution in [0, 0.1) is 11.3 Å². The van der Waals surface area contributed by atoms with Crippen LogP contribution in [0.15, 0.2) is 30.3 Å². The molecule has 1 N–H and O–H groups in total. The number of carbonyl (C=O) groups excluding carboxylic acids is 1. The predicted octanol–water partition coefficient (Wildman–Crippen LogP) is 2.62. The summed E-state index contributed by atoms with van der Waals surface area (Å²) in [5.41, 5.74) is 1.50. The number of nitrogens with one attached hydrogen (secondary N) is 1. The van der Waals surface area contributed by atoms with Gasteiger partial charge < -0.3 is 15.0 Å². The zero-order valence-electron chi connectivity index (χ0n) is 15.4. The van der Waals surface area contributed by atoms with E-state index in [9.17, 15) is 4.79 Å². The van der Waals surface area contributed by atoms with Crippen molar-refractivity contribution in [3.8, 4) is 0 Å². The SMILES string of the molecule is CC1(C)[C@H](N[C@@H]2CCN(CCCc3ccccc3)C2=O)[C@H]2CCO[C@H]21. The van der Waals surface area contributed by atoms with E-state index >= 15 is 0 Å². The lowest BCUT2D eigenvalue weighted by atomic mass is 9.57. The van der Waals surface area contributed by atoms with Crippen LogP contribution >= 0.6 is 0 Å². The quantitative estimate of drug-likeness (QED) is 0.864. The minimum absolute atomic E-state index is 0.00236. The first-order valence-corrected chi connectivity index (χ1v) is 9.78. The van der Waals surface area contributed by atoms with Crippen molar-refractivity contribution in [3.63, 3.8) is 0 Å². The van der Waals surface area contributed by atoms with Crippen LogP contribution in [-0.2, 0) is 16.0 Å². The maximum Gasteiger partial charge on any atom is 0.239 e. The number of amides is 1. The van der Waals surface area contributed by atoms with E-state index in [0.29, 0.717) is 24.0 Å². The van der Waals surface area contributed by atoms with Crippen molar-refractivity contribution in [2.45, 2.75) is 57.7 Å². The molecule has 2 saturated heterocycles. The maximum atomic E-state index is 12.8. The monoisotopic (exact) mass is 342 g/mol. The first kappa shape index (κ1) is 17.0. The van der Waals surface area contributed by atoms with E-state index < -0.39 is 0 Å². The average molecular weight is 342 g/mol. The first-order chi connectivity index (χ1) is 12.1. The Hall–Kier alpha value is -1.39. The molecule has 1 saturated carbocycles. The van der Waals surface area contributed by atoms with Crippen LogP contribution in [0.4, 0.5) is 0 Å². The van der Waals surface area contributed by atoms with Crippen molar-refractivity contribution in [3.05, 3.63) is 35.9 Å². The van der Waals surface area contributed by atoms with Gasteiger partial charge in [-0.3, -0.25) is 4.79 Å². The lowest BCUT2D eigenvalue weighted by molar-refractivity contribution is -0.135. The Labute approximate surface area is 150 Å². The third kappa shape index (κ3) is 3.11.